The zero-order valence-electron chi connectivity index (χ0n) is 33.6. The number of carbonyl (C=O) groups is 4. The van der Waals surface area contributed by atoms with Crippen molar-refractivity contribution in [3.05, 3.63) is 88.1 Å². The molecule has 0 radical (unpaired) electrons. The first kappa shape index (κ1) is 39.5. The Hall–Kier alpha value is -5.68. The largest absolute Gasteiger partial charge is 0.489 e. The van der Waals surface area contributed by atoms with E-state index in [1.165, 1.54) is 21.9 Å². The van der Waals surface area contributed by atoms with E-state index in [-0.39, 0.29) is 61.3 Å². The average Bonchev–Trinajstić information content (AvgIpc) is 3.78. The standard InChI is InChI=1S/C44H46F4N8O5/c1-24-16-29-27-4-2-3-5-33(27)49-40(29)41(55(24)21-36(47)48)39-31(45)17-25(18-32(39)46)52-12-10-51(11-13-52)22-38(58)53-14-15-54-26(19-53)23-61-42-30-20-56(35-8-9-37(57)50-43(35)59)44(60)28(30)6-7-34(42)54/h2-7,17-18,24,26,35-36,41,49H,8-16,19-23H2,1H3,(H,50,57,59)/t24-,26-,35?,41-/m1/s1. The normalized spacial score (nSPS) is 24.5. The van der Waals surface area contributed by atoms with Gasteiger partial charge in [0.2, 0.25) is 17.7 Å². The van der Waals surface area contributed by atoms with Crippen molar-refractivity contribution >= 4 is 45.9 Å². The van der Waals surface area contributed by atoms with Gasteiger partial charge in [0.1, 0.15) is 30.0 Å². The molecule has 61 heavy (non-hydrogen) atoms. The summed E-state index contributed by atoms with van der Waals surface area (Å²) in [5, 5.41) is 3.25. The predicted octanol–water partition coefficient (Wildman–Crippen LogP) is 4.04. The summed E-state index contributed by atoms with van der Waals surface area (Å²) in [7, 11) is 0. The van der Waals surface area contributed by atoms with Crippen molar-refractivity contribution in [1.29, 1.82) is 0 Å². The fourth-order valence-electron chi connectivity index (χ4n) is 10.4. The third kappa shape index (κ3) is 6.85. The van der Waals surface area contributed by atoms with Crippen LogP contribution in [0.4, 0.5) is 28.9 Å². The predicted molar refractivity (Wildman–Crippen MR) is 217 cm³/mol. The van der Waals surface area contributed by atoms with Crippen LogP contribution in [0.15, 0.2) is 48.5 Å². The highest BCUT2D eigenvalue weighted by atomic mass is 19.3. The highest BCUT2D eigenvalue weighted by Crippen LogP contribution is 2.45. The molecule has 4 aromatic rings. The number of alkyl halides is 2. The van der Waals surface area contributed by atoms with Crippen LogP contribution in [0.5, 0.6) is 5.75 Å². The minimum atomic E-state index is -2.69. The Morgan fingerprint density at radius 1 is 0.934 bits per heavy atom. The molecule has 13 nitrogen and oxygen atoms in total. The average molecular weight is 843 g/mol. The number of carbonyl (C=O) groups excluding carboxylic acids is 4. The number of anilines is 2. The first-order chi connectivity index (χ1) is 29.4. The number of imide groups is 1. The molecule has 0 bridgehead atoms. The second-order valence-electron chi connectivity index (χ2n) is 17.0. The molecule has 10 rings (SSSR count). The zero-order chi connectivity index (χ0) is 42.3. The Morgan fingerprint density at radius 3 is 2.46 bits per heavy atom. The van der Waals surface area contributed by atoms with Gasteiger partial charge in [-0.25, -0.2) is 17.6 Å². The SMILES string of the molecule is C[C@@H]1Cc2c([nH]c3ccccc23)[C@@H](c2c(F)cc(N3CCN(CC(=O)N4CCN5c6ccc7c(c6OC[C@H]5C4)CN(C4CCC(=O)NC4=O)C7=O)CC3)cc2F)N1CC(F)F. The van der Waals surface area contributed by atoms with Crippen molar-refractivity contribution in [3.8, 4) is 5.75 Å². The molecular weight excluding hydrogens is 797 g/mol. The van der Waals surface area contributed by atoms with Gasteiger partial charge in [-0.1, -0.05) is 18.2 Å². The van der Waals surface area contributed by atoms with Crippen molar-refractivity contribution in [1.82, 2.24) is 29.9 Å². The van der Waals surface area contributed by atoms with Gasteiger partial charge in [0.25, 0.3) is 12.3 Å². The lowest BCUT2D eigenvalue weighted by Crippen LogP contribution is -2.60. The molecule has 6 aliphatic heterocycles. The number of fused-ring (bicyclic) bond motifs is 8. The van der Waals surface area contributed by atoms with E-state index in [9.17, 15) is 28.0 Å². The molecule has 0 spiro atoms. The van der Waals surface area contributed by atoms with Gasteiger partial charge < -0.3 is 29.3 Å². The molecule has 3 aromatic carbocycles. The number of benzene rings is 3. The summed E-state index contributed by atoms with van der Waals surface area (Å²) in [6, 6.07) is 11.5. The van der Waals surface area contributed by atoms with Gasteiger partial charge in [0.05, 0.1) is 37.4 Å². The van der Waals surface area contributed by atoms with Crippen molar-refractivity contribution in [2.45, 2.75) is 63.3 Å². The zero-order valence-corrected chi connectivity index (χ0v) is 33.6. The number of ether oxygens (including phenoxy) is 1. The molecule has 4 atom stereocenters. The lowest BCUT2D eigenvalue weighted by Gasteiger charge is -2.46. The van der Waals surface area contributed by atoms with Crippen molar-refractivity contribution < 1.29 is 41.5 Å². The number of nitrogens with zero attached hydrogens (tertiary/aromatic N) is 6. The fourth-order valence-corrected chi connectivity index (χ4v) is 10.4. The number of para-hydroxylation sites is 1. The molecule has 3 saturated heterocycles. The van der Waals surface area contributed by atoms with Crippen LogP contribution < -0.4 is 19.9 Å². The Balaban J connectivity index is 0.775. The third-order valence-corrected chi connectivity index (χ3v) is 13.5. The number of aromatic amines is 1. The molecule has 0 saturated carbocycles. The summed E-state index contributed by atoms with van der Waals surface area (Å²) >= 11 is 0. The second-order valence-corrected chi connectivity index (χ2v) is 17.0. The maximum Gasteiger partial charge on any atom is 0.255 e. The first-order valence-electron chi connectivity index (χ1n) is 21.0. The van der Waals surface area contributed by atoms with Crippen LogP contribution in [0, 0.1) is 11.6 Å². The number of hydrogen-bond donors (Lipinski definition) is 2. The summed E-state index contributed by atoms with van der Waals surface area (Å²) in [4.78, 5) is 65.6. The number of halogens is 4. The summed E-state index contributed by atoms with van der Waals surface area (Å²) in [5.74, 6) is -2.07. The lowest BCUT2D eigenvalue weighted by molar-refractivity contribution is -0.137. The van der Waals surface area contributed by atoms with Gasteiger partial charge in [-0.2, -0.15) is 0 Å². The Morgan fingerprint density at radius 2 is 1.70 bits per heavy atom. The number of hydrogen-bond acceptors (Lipinski definition) is 9. The van der Waals surface area contributed by atoms with Gasteiger partial charge in [0.15, 0.2) is 0 Å². The highest BCUT2D eigenvalue weighted by molar-refractivity contribution is 6.06. The van der Waals surface area contributed by atoms with Crippen molar-refractivity contribution in [3.63, 3.8) is 0 Å². The second kappa shape index (κ2) is 15.3. The molecule has 4 amide bonds. The topological polar surface area (TPSA) is 125 Å². The maximum absolute atomic E-state index is 16.3. The molecule has 1 unspecified atom stereocenters. The number of H-pyrrole nitrogens is 1. The molecule has 1 aromatic heterocycles. The van der Waals surface area contributed by atoms with E-state index in [0.717, 1.165) is 27.7 Å². The van der Waals surface area contributed by atoms with E-state index in [0.29, 0.717) is 81.5 Å². The summed E-state index contributed by atoms with van der Waals surface area (Å²) in [5.41, 5.74) is 4.37. The fraction of sp³-hybridized carbons (Fsp3) is 0.455. The van der Waals surface area contributed by atoms with Gasteiger partial charge in [-0.15, -0.1) is 0 Å². The molecule has 2 N–H and O–H groups in total. The number of aromatic nitrogens is 1. The Kier molecular flexibility index (Phi) is 9.93. The van der Waals surface area contributed by atoms with E-state index in [4.69, 9.17) is 4.74 Å². The quantitative estimate of drug-likeness (QED) is 0.210. The summed E-state index contributed by atoms with van der Waals surface area (Å²) in [6.07, 6.45) is -1.77. The molecule has 7 heterocycles. The van der Waals surface area contributed by atoms with Crippen LogP contribution in [0.1, 0.15) is 58.5 Å². The third-order valence-electron chi connectivity index (χ3n) is 13.5. The van der Waals surface area contributed by atoms with E-state index >= 15 is 8.78 Å². The molecule has 3 fully saturated rings. The maximum atomic E-state index is 16.3. The number of piperazine rings is 2. The van der Waals surface area contributed by atoms with Crippen LogP contribution in [0.2, 0.25) is 0 Å². The first-order valence-corrected chi connectivity index (χ1v) is 21.0. The highest BCUT2D eigenvalue weighted by Gasteiger charge is 2.44. The lowest BCUT2D eigenvalue weighted by atomic mass is 9.88. The number of piperidine rings is 1. The van der Waals surface area contributed by atoms with Gasteiger partial charge in [-0.3, -0.25) is 34.3 Å². The van der Waals surface area contributed by atoms with E-state index in [1.807, 2.05) is 52.0 Å². The number of amides is 4. The van der Waals surface area contributed by atoms with Crippen molar-refractivity contribution in [2.24, 2.45) is 0 Å². The Labute approximate surface area is 349 Å². The monoisotopic (exact) mass is 842 g/mol. The summed E-state index contributed by atoms with van der Waals surface area (Å²) < 4.78 is 66.7. The molecule has 0 aliphatic carbocycles. The Bertz CT molecular complexity index is 2430. The molecular formula is C44H46F4N8O5. The molecule has 6 aliphatic rings. The minimum Gasteiger partial charge on any atom is -0.489 e. The van der Waals surface area contributed by atoms with Crippen LogP contribution in [0.25, 0.3) is 10.9 Å². The van der Waals surface area contributed by atoms with Crippen LogP contribution >= 0.6 is 0 Å². The number of rotatable bonds is 7. The minimum absolute atomic E-state index is 0.0221. The molecule has 17 heteroatoms. The molecule has 320 valence electrons. The smallest absolute Gasteiger partial charge is 0.255 e. The van der Waals surface area contributed by atoms with Gasteiger partial charge in [-0.05, 0) is 55.7 Å². The number of nitrogens with one attached hydrogen (secondary N) is 2. The summed E-state index contributed by atoms with van der Waals surface area (Å²) in [6.45, 7) is 5.29. The van der Waals surface area contributed by atoms with E-state index < -0.39 is 42.6 Å². The van der Waals surface area contributed by atoms with Crippen LogP contribution in [-0.4, -0.2) is 138 Å². The van der Waals surface area contributed by atoms with Gasteiger partial charge in [0, 0.05) is 97.3 Å². The van der Waals surface area contributed by atoms with Crippen LogP contribution in [-0.2, 0) is 27.3 Å². The van der Waals surface area contributed by atoms with E-state index in [2.05, 4.69) is 15.2 Å². The van der Waals surface area contributed by atoms with E-state index in [1.54, 1.807) is 6.07 Å². The van der Waals surface area contributed by atoms with Crippen molar-refractivity contribution in [2.75, 3.05) is 75.3 Å². The van der Waals surface area contributed by atoms with Gasteiger partial charge >= 0.3 is 0 Å². The van der Waals surface area contributed by atoms with Crippen LogP contribution in [0.3, 0.4) is 0 Å².